The van der Waals surface area contributed by atoms with Gasteiger partial charge >= 0.3 is 0 Å². The summed E-state index contributed by atoms with van der Waals surface area (Å²) in [7, 11) is 0. The quantitative estimate of drug-likeness (QED) is 0.426. The smallest absolute Gasteiger partial charge is 0.180 e. The van der Waals surface area contributed by atoms with Crippen LogP contribution in [0.25, 0.3) is 11.0 Å². The van der Waals surface area contributed by atoms with Gasteiger partial charge in [-0.05, 0) is 29.8 Å². The van der Waals surface area contributed by atoms with Crippen molar-refractivity contribution in [3.63, 3.8) is 0 Å². The van der Waals surface area contributed by atoms with Gasteiger partial charge in [-0.3, -0.25) is 0 Å². The number of phenols is 1. The van der Waals surface area contributed by atoms with E-state index in [-0.39, 0.29) is 12.4 Å². The van der Waals surface area contributed by atoms with E-state index in [1.807, 2.05) is 42.5 Å². The van der Waals surface area contributed by atoms with Gasteiger partial charge in [0, 0.05) is 5.56 Å². The largest absolute Gasteiger partial charge is 0.507 e. The number of rotatable bonds is 6. The first-order valence-electron chi connectivity index (χ1n) is 8.48. The maximum absolute atomic E-state index is 10.6. The molecule has 1 aromatic heterocycles. The lowest BCUT2D eigenvalue weighted by atomic mass is 10.1. The van der Waals surface area contributed by atoms with E-state index in [1.54, 1.807) is 24.3 Å². The first-order chi connectivity index (χ1) is 13.2. The number of hydrogen-bond acceptors (Lipinski definition) is 4. The van der Waals surface area contributed by atoms with Gasteiger partial charge in [0.05, 0.1) is 29.9 Å². The summed E-state index contributed by atoms with van der Waals surface area (Å²) in [5.74, 6) is 1.11. The second-order valence-corrected chi connectivity index (χ2v) is 6.46. The van der Waals surface area contributed by atoms with Crippen LogP contribution in [0.2, 0.25) is 5.02 Å². The summed E-state index contributed by atoms with van der Waals surface area (Å²) < 4.78 is 17.2. The molecule has 0 aliphatic heterocycles. The number of furan rings is 1. The average Bonchev–Trinajstić information content (AvgIpc) is 3.18. The van der Waals surface area contributed by atoms with Gasteiger partial charge in [0.15, 0.2) is 11.3 Å². The highest BCUT2D eigenvalue weighted by Gasteiger charge is 2.17. The van der Waals surface area contributed by atoms with Crippen molar-refractivity contribution >= 4 is 22.6 Å². The predicted octanol–water partition coefficient (Wildman–Crippen LogP) is 6.30. The van der Waals surface area contributed by atoms with Gasteiger partial charge in [-0.25, -0.2) is 0 Å². The van der Waals surface area contributed by atoms with Crippen LogP contribution in [0.1, 0.15) is 11.1 Å². The Balaban J connectivity index is 1.61. The SMILES string of the molecule is Oc1c(COCc2ccccc2)cc(Oc2ccccc2Cl)c2occc12. The van der Waals surface area contributed by atoms with Crippen molar-refractivity contribution in [1.29, 1.82) is 0 Å². The minimum atomic E-state index is 0.123. The van der Waals surface area contributed by atoms with Crippen molar-refractivity contribution in [2.24, 2.45) is 0 Å². The summed E-state index contributed by atoms with van der Waals surface area (Å²) >= 11 is 6.19. The molecule has 0 atom stereocenters. The van der Waals surface area contributed by atoms with Gasteiger partial charge in [-0.15, -0.1) is 0 Å². The Kier molecular flexibility index (Phi) is 5.01. The van der Waals surface area contributed by atoms with Crippen LogP contribution in [0, 0.1) is 0 Å². The topological polar surface area (TPSA) is 51.8 Å². The molecule has 0 aliphatic rings. The summed E-state index contributed by atoms with van der Waals surface area (Å²) in [6.45, 7) is 0.686. The van der Waals surface area contributed by atoms with Crippen molar-refractivity contribution in [3.8, 4) is 17.2 Å². The first kappa shape index (κ1) is 17.5. The zero-order valence-electron chi connectivity index (χ0n) is 14.4. The molecule has 0 saturated carbocycles. The van der Waals surface area contributed by atoms with Crippen LogP contribution >= 0.6 is 11.6 Å². The lowest BCUT2D eigenvalue weighted by Gasteiger charge is -2.12. The van der Waals surface area contributed by atoms with Gasteiger partial charge < -0.3 is 19.0 Å². The maximum atomic E-state index is 10.6. The molecule has 4 rings (SSSR count). The molecule has 1 heterocycles. The zero-order chi connectivity index (χ0) is 18.6. The third-order valence-electron chi connectivity index (χ3n) is 4.18. The Labute approximate surface area is 161 Å². The fourth-order valence-corrected chi connectivity index (χ4v) is 3.01. The van der Waals surface area contributed by atoms with Gasteiger partial charge in [0.2, 0.25) is 0 Å². The highest BCUT2D eigenvalue weighted by atomic mass is 35.5. The second-order valence-electron chi connectivity index (χ2n) is 6.06. The minimum absolute atomic E-state index is 0.123. The zero-order valence-corrected chi connectivity index (χ0v) is 15.1. The molecule has 5 heteroatoms. The Morgan fingerprint density at radius 2 is 1.67 bits per heavy atom. The molecule has 4 nitrogen and oxygen atoms in total. The van der Waals surface area contributed by atoms with Crippen LogP contribution in [0.3, 0.4) is 0 Å². The number of hydrogen-bond donors (Lipinski definition) is 1. The van der Waals surface area contributed by atoms with Gasteiger partial charge in [-0.1, -0.05) is 54.1 Å². The summed E-state index contributed by atoms with van der Waals surface area (Å²) in [4.78, 5) is 0. The molecule has 0 radical (unpaired) electrons. The molecule has 4 aromatic rings. The number of ether oxygens (including phenoxy) is 2. The number of para-hydroxylation sites is 1. The summed E-state index contributed by atoms with van der Waals surface area (Å²) in [6.07, 6.45) is 1.51. The van der Waals surface area contributed by atoms with Crippen LogP contribution < -0.4 is 4.74 Å². The third-order valence-corrected chi connectivity index (χ3v) is 4.49. The molecular formula is C22H17ClO4. The summed E-state index contributed by atoms with van der Waals surface area (Å²) in [5, 5.41) is 11.6. The second kappa shape index (κ2) is 7.74. The van der Waals surface area contributed by atoms with E-state index in [0.717, 1.165) is 5.56 Å². The van der Waals surface area contributed by atoms with E-state index >= 15 is 0 Å². The number of aromatic hydroxyl groups is 1. The summed E-state index contributed by atoms with van der Waals surface area (Å²) in [6, 6.07) is 20.5. The molecule has 3 aromatic carbocycles. The Hall–Kier alpha value is -2.95. The Morgan fingerprint density at radius 3 is 2.48 bits per heavy atom. The maximum Gasteiger partial charge on any atom is 0.180 e. The molecule has 0 saturated heterocycles. The lowest BCUT2D eigenvalue weighted by Crippen LogP contribution is -1.96. The number of fused-ring (bicyclic) bond motifs is 1. The highest BCUT2D eigenvalue weighted by molar-refractivity contribution is 6.32. The monoisotopic (exact) mass is 380 g/mol. The molecule has 0 unspecified atom stereocenters. The van der Waals surface area contributed by atoms with Crippen molar-refractivity contribution < 1.29 is 19.0 Å². The summed E-state index contributed by atoms with van der Waals surface area (Å²) in [5.41, 5.74) is 2.13. The van der Waals surface area contributed by atoms with Gasteiger partial charge in [0.25, 0.3) is 0 Å². The van der Waals surface area contributed by atoms with Crippen LogP contribution in [0.4, 0.5) is 0 Å². The molecule has 0 amide bonds. The number of phenolic OH excluding ortho intramolecular Hbond substituents is 1. The van der Waals surface area contributed by atoms with Crippen LogP contribution in [-0.4, -0.2) is 5.11 Å². The Morgan fingerprint density at radius 1 is 0.889 bits per heavy atom. The van der Waals surface area contributed by atoms with E-state index in [0.29, 0.717) is 39.7 Å². The van der Waals surface area contributed by atoms with Gasteiger partial charge in [-0.2, -0.15) is 0 Å². The standard InChI is InChI=1S/C22H17ClO4/c23-18-8-4-5-9-19(18)27-20-12-16(21(24)17-10-11-26-22(17)20)14-25-13-15-6-2-1-3-7-15/h1-12,24H,13-14H2. The highest BCUT2D eigenvalue weighted by Crippen LogP contribution is 2.40. The molecule has 1 N–H and O–H groups in total. The average molecular weight is 381 g/mol. The molecule has 136 valence electrons. The molecule has 0 bridgehead atoms. The van der Waals surface area contributed by atoms with Crippen LogP contribution in [0.15, 0.2) is 77.4 Å². The lowest BCUT2D eigenvalue weighted by molar-refractivity contribution is 0.105. The molecule has 0 fully saturated rings. The first-order valence-corrected chi connectivity index (χ1v) is 8.86. The fourth-order valence-electron chi connectivity index (χ4n) is 2.84. The molecule has 27 heavy (non-hydrogen) atoms. The van der Waals surface area contributed by atoms with Crippen molar-refractivity contribution in [1.82, 2.24) is 0 Å². The van der Waals surface area contributed by atoms with E-state index in [2.05, 4.69) is 0 Å². The van der Waals surface area contributed by atoms with E-state index < -0.39 is 0 Å². The third kappa shape index (κ3) is 3.77. The molecule has 0 aliphatic carbocycles. The van der Waals surface area contributed by atoms with E-state index in [1.165, 1.54) is 6.26 Å². The van der Waals surface area contributed by atoms with Crippen LogP contribution in [-0.2, 0) is 18.0 Å². The predicted molar refractivity (Wildman–Crippen MR) is 104 cm³/mol. The van der Waals surface area contributed by atoms with Crippen LogP contribution in [0.5, 0.6) is 17.2 Å². The Bertz CT molecular complexity index is 1060. The van der Waals surface area contributed by atoms with Gasteiger partial charge in [0.1, 0.15) is 11.5 Å². The number of benzene rings is 3. The van der Waals surface area contributed by atoms with Crippen molar-refractivity contribution in [2.45, 2.75) is 13.2 Å². The normalized spacial score (nSPS) is 11.0. The molecule has 0 spiro atoms. The fraction of sp³-hybridized carbons (Fsp3) is 0.0909. The number of halogens is 1. The van der Waals surface area contributed by atoms with Crippen molar-refractivity contribution in [3.05, 3.63) is 89.1 Å². The van der Waals surface area contributed by atoms with E-state index in [4.69, 9.17) is 25.5 Å². The van der Waals surface area contributed by atoms with Crippen molar-refractivity contribution in [2.75, 3.05) is 0 Å². The van der Waals surface area contributed by atoms with E-state index in [9.17, 15) is 5.11 Å². The minimum Gasteiger partial charge on any atom is -0.507 e. The molecular weight excluding hydrogens is 364 g/mol.